The van der Waals surface area contributed by atoms with Crippen LogP contribution >= 0.6 is 0 Å². The number of likely N-dealkylation sites (tertiary alicyclic amines) is 1. The van der Waals surface area contributed by atoms with Crippen LogP contribution in [0.1, 0.15) is 28.8 Å². The Kier molecular flexibility index (Phi) is 4.89. The summed E-state index contributed by atoms with van der Waals surface area (Å²) in [5, 5.41) is 9.16. The molecule has 0 aliphatic carbocycles. The standard InChI is InChI=1S/C15H22N2O4S/c1-11-13(15(18)19)7-4-8-14(11)22(20,21)17(3)12-6-5-9-16(2)10-12/h4,7-8,12H,5-6,9-10H2,1-3H3,(H,18,19). The first-order valence-corrected chi connectivity index (χ1v) is 8.68. The highest BCUT2D eigenvalue weighted by atomic mass is 32.2. The maximum Gasteiger partial charge on any atom is 0.335 e. The molecule has 1 heterocycles. The first kappa shape index (κ1) is 16.9. The predicted octanol–water partition coefficient (Wildman–Crippen LogP) is 1.41. The van der Waals surface area contributed by atoms with Crippen molar-refractivity contribution in [2.24, 2.45) is 0 Å². The fraction of sp³-hybridized carbons (Fsp3) is 0.533. The first-order valence-electron chi connectivity index (χ1n) is 7.24. The Hall–Kier alpha value is -1.44. The Labute approximate surface area is 131 Å². The van der Waals surface area contributed by atoms with E-state index in [1.807, 2.05) is 7.05 Å². The van der Waals surface area contributed by atoms with Gasteiger partial charge in [-0.3, -0.25) is 0 Å². The van der Waals surface area contributed by atoms with Crippen molar-refractivity contribution in [3.8, 4) is 0 Å². The smallest absolute Gasteiger partial charge is 0.335 e. The third-order valence-corrected chi connectivity index (χ3v) is 6.34. The molecule has 1 atom stereocenters. The molecule has 1 aliphatic rings. The molecule has 0 aromatic heterocycles. The van der Waals surface area contributed by atoms with Gasteiger partial charge >= 0.3 is 5.97 Å². The van der Waals surface area contributed by atoms with Crippen molar-refractivity contribution >= 4 is 16.0 Å². The number of piperidine rings is 1. The second-order valence-corrected chi connectivity index (χ2v) is 7.78. The van der Waals surface area contributed by atoms with Gasteiger partial charge < -0.3 is 10.0 Å². The number of benzene rings is 1. The number of carbonyl (C=O) groups is 1. The van der Waals surface area contributed by atoms with Crippen molar-refractivity contribution < 1.29 is 18.3 Å². The Bertz CT molecular complexity index is 672. The fourth-order valence-corrected chi connectivity index (χ4v) is 4.54. The van der Waals surface area contributed by atoms with E-state index >= 15 is 0 Å². The molecule has 1 fully saturated rings. The van der Waals surface area contributed by atoms with E-state index in [9.17, 15) is 13.2 Å². The molecule has 0 saturated carbocycles. The summed E-state index contributed by atoms with van der Waals surface area (Å²) in [4.78, 5) is 13.4. The minimum Gasteiger partial charge on any atom is -0.478 e. The van der Waals surface area contributed by atoms with Crippen LogP contribution in [0.25, 0.3) is 0 Å². The van der Waals surface area contributed by atoms with Gasteiger partial charge in [0.2, 0.25) is 10.0 Å². The number of likely N-dealkylation sites (N-methyl/N-ethyl adjacent to an activating group) is 2. The van der Waals surface area contributed by atoms with Crippen molar-refractivity contribution in [2.75, 3.05) is 27.2 Å². The fourth-order valence-electron chi connectivity index (χ4n) is 2.91. The first-order chi connectivity index (χ1) is 10.2. The van der Waals surface area contributed by atoms with Gasteiger partial charge in [-0.05, 0) is 51.1 Å². The number of hydrogen-bond donors (Lipinski definition) is 1. The largest absolute Gasteiger partial charge is 0.478 e. The van der Waals surface area contributed by atoms with Crippen molar-refractivity contribution in [1.29, 1.82) is 0 Å². The molecule has 0 radical (unpaired) electrons. The average Bonchev–Trinajstić information content (AvgIpc) is 2.46. The zero-order valence-corrected chi connectivity index (χ0v) is 13.9. The summed E-state index contributed by atoms with van der Waals surface area (Å²) < 4.78 is 27.1. The molecule has 1 saturated heterocycles. The Morgan fingerprint density at radius 3 is 2.68 bits per heavy atom. The molecule has 2 rings (SSSR count). The van der Waals surface area contributed by atoms with Gasteiger partial charge in [-0.25, -0.2) is 13.2 Å². The van der Waals surface area contributed by atoms with Crippen LogP contribution in [0.2, 0.25) is 0 Å². The Balaban J connectivity index is 2.38. The summed E-state index contributed by atoms with van der Waals surface area (Å²) in [6.07, 6.45) is 1.77. The number of aromatic carboxylic acids is 1. The van der Waals surface area contributed by atoms with Gasteiger partial charge in [-0.1, -0.05) is 6.07 Å². The van der Waals surface area contributed by atoms with E-state index in [1.165, 1.54) is 29.4 Å². The lowest BCUT2D eigenvalue weighted by atomic mass is 10.1. The molecule has 0 bridgehead atoms. The van der Waals surface area contributed by atoms with Gasteiger partial charge in [0.25, 0.3) is 0 Å². The van der Waals surface area contributed by atoms with Crippen LogP contribution in [-0.4, -0.2) is 61.9 Å². The molecule has 7 heteroatoms. The molecule has 6 nitrogen and oxygen atoms in total. The van der Waals surface area contributed by atoms with E-state index in [2.05, 4.69) is 4.90 Å². The molecule has 122 valence electrons. The van der Waals surface area contributed by atoms with Crippen molar-refractivity contribution in [3.05, 3.63) is 29.3 Å². The van der Waals surface area contributed by atoms with Crippen LogP contribution in [0.5, 0.6) is 0 Å². The summed E-state index contributed by atoms with van der Waals surface area (Å²) in [6, 6.07) is 4.28. The highest BCUT2D eigenvalue weighted by Crippen LogP contribution is 2.25. The monoisotopic (exact) mass is 326 g/mol. The number of sulfonamides is 1. The minimum atomic E-state index is -3.71. The average molecular weight is 326 g/mol. The summed E-state index contributed by atoms with van der Waals surface area (Å²) in [6.45, 7) is 3.20. The van der Waals surface area contributed by atoms with Crippen LogP contribution < -0.4 is 0 Å². The van der Waals surface area contributed by atoms with Crippen LogP contribution in [0.4, 0.5) is 0 Å². The number of carboxylic acid groups (broad SMARTS) is 1. The minimum absolute atomic E-state index is 0.0234. The SMILES string of the molecule is Cc1c(C(=O)O)cccc1S(=O)(=O)N(C)C1CCCN(C)C1. The lowest BCUT2D eigenvalue weighted by Crippen LogP contribution is -2.47. The van der Waals surface area contributed by atoms with Crippen LogP contribution in [0, 0.1) is 6.92 Å². The van der Waals surface area contributed by atoms with E-state index in [4.69, 9.17) is 5.11 Å². The zero-order chi connectivity index (χ0) is 16.5. The second kappa shape index (κ2) is 6.36. The normalized spacial score (nSPS) is 20.3. The van der Waals surface area contributed by atoms with E-state index in [-0.39, 0.29) is 22.1 Å². The molecular weight excluding hydrogens is 304 g/mol. The summed E-state index contributed by atoms with van der Waals surface area (Å²) in [5.41, 5.74) is 0.307. The van der Waals surface area contributed by atoms with Gasteiger partial charge in [0.15, 0.2) is 0 Å². The molecule has 22 heavy (non-hydrogen) atoms. The van der Waals surface area contributed by atoms with Crippen molar-refractivity contribution in [2.45, 2.75) is 30.7 Å². The van der Waals surface area contributed by atoms with Gasteiger partial charge in [0.1, 0.15) is 0 Å². The number of hydrogen-bond acceptors (Lipinski definition) is 4. The molecule has 1 aromatic carbocycles. The Morgan fingerprint density at radius 1 is 1.41 bits per heavy atom. The van der Waals surface area contributed by atoms with Gasteiger partial charge in [0, 0.05) is 19.6 Å². The molecule has 1 unspecified atom stereocenters. The Morgan fingerprint density at radius 2 is 2.09 bits per heavy atom. The summed E-state index contributed by atoms with van der Waals surface area (Å²) >= 11 is 0. The highest BCUT2D eigenvalue weighted by Gasteiger charge is 2.32. The van der Waals surface area contributed by atoms with E-state index in [0.717, 1.165) is 19.4 Å². The van der Waals surface area contributed by atoms with E-state index in [0.29, 0.717) is 6.54 Å². The summed E-state index contributed by atoms with van der Waals surface area (Å²) in [5.74, 6) is -1.12. The number of carboxylic acids is 1. The van der Waals surface area contributed by atoms with Gasteiger partial charge in [0.05, 0.1) is 10.5 Å². The third-order valence-electron chi connectivity index (χ3n) is 4.29. The topological polar surface area (TPSA) is 77.9 Å². The van der Waals surface area contributed by atoms with Crippen molar-refractivity contribution in [1.82, 2.24) is 9.21 Å². The third kappa shape index (κ3) is 3.16. The van der Waals surface area contributed by atoms with Crippen LogP contribution in [0.15, 0.2) is 23.1 Å². The van der Waals surface area contributed by atoms with E-state index in [1.54, 1.807) is 7.05 Å². The van der Waals surface area contributed by atoms with Crippen LogP contribution in [-0.2, 0) is 10.0 Å². The van der Waals surface area contributed by atoms with Crippen LogP contribution in [0.3, 0.4) is 0 Å². The zero-order valence-electron chi connectivity index (χ0n) is 13.1. The van der Waals surface area contributed by atoms with E-state index < -0.39 is 16.0 Å². The highest BCUT2D eigenvalue weighted by molar-refractivity contribution is 7.89. The molecule has 1 N–H and O–H groups in total. The maximum absolute atomic E-state index is 12.8. The van der Waals surface area contributed by atoms with Gasteiger partial charge in [-0.2, -0.15) is 4.31 Å². The molecular formula is C15H22N2O4S. The predicted molar refractivity (Wildman–Crippen MR) is 83.6 cm³/mol. The maximum atomic E-state index is 12.8. The molecule has 1 aromatic rings. The summed E-state index contributed by atoms with van der Waals surface area (Å²) in [7, 11) is -0.155. The lowest BCUT2D eigenvalue weighted by molar-refractivity contribution is 0.0696. The van der Waals surface area contributed by atoms with Crippen molar-refractivity contribution in [3.63, 3.8) is 0 Å². The van der Waals surface area contributed by atoms with Gasteiger partial charge in [-0.15, -0.1) is 0 Å². The molecule has 0 spiro atoms. The number of nitrogens with zero attached hydrogens (tertiary/aromatic N) is 2. The quantitative estimate of drug-likeness (QED) is 0.905. The molecule has 0 amide bonds. The lowest BCUT2D eigenvalue weighted by Gasteiger charge is -2.35. The number of rotatable bonds is 4. The molecule has 1 aliphatic heterocycles. The second-order valence-electron chi connectivity index (χ2n) is 5.81.